The number of carbonyl (C=O) groups is 1. The number of amides is 1. The standard InChI is InChI=1S/C13H27N3O/c1-11-7-12(2)9-16(8-11)13(17)10-15(3)6-4-5-14/h11-12H,4-10,14H2,1-3H3. The molecule has 1 fully saturated rings. The topological polar surface area (TPSA) is 49.6 Å². The number of nitrogens with two attached hydrogens (primary N) is 1. The van der Waals surface area contributed by atoms with E-state index in [1.54, 1.807) is 0 Å². The number of rotatable bonds is 5. The Balaban J connectivity index is 2.36. The van der Waals surface area contributed by atoms with Crippen LogP contribution in [0.4, 0.5) is 0 Å². The highest BCUT2D eigenvalue weighted by molar-refractivity contribution is 5.78. The van der Waals surface area contributed by atoms with Gasteiger partial charge in [0.2, 0.25) is 5.91 Å². The van der Waals surface area contributed by atoms with Crippen molar-refractivity contribution >= 4 is 5.91 Å². The third-order valence-corrected chi connectivity index (χ3v) is 3.37. The van der Waals surface area contributed by atoms with Crippen LogP contribution in [0.2, 0.25) is 0 Å². The van der Waals surface area contributed by atoms with Crippen LogP contribution in [0.15, 0.2) is 0 Å². The minimum absolute atomic E-state index is 0.267. The van der Waals surface area contributed by atoms with Crippen LogP contribution in [-0.2, 0) is 4.79 Å². The first kappa shape index (κ1) is 14.5. The summed E-state index contributed by atoms with van der Waals surface area (Å²) in [4.78, 5) is 16.2. The predicted molar refractivity (Wildman–Crippen MR) is 70.7 cm³/mol. The molecule has 1 amide bonds. The van der Waals surface area contributed by atoms with E-state index in [-0.39, 0.29) is 5.91 Å². The van der Waals surface area contributed by atoms with Crippen molar-refractivity contribution < 1.29 is 4.79 Å². The molecule has 0 spiro atoms. The highest BCUT2D eigenvalue weighted by atomic mass is 16.2. The van der Waals surface area contributed by atoms with E-state index in [0.717, 1.165) is 26.1 Å². The van der Waals surface area contributed by atoms with Crippen molar-refractivity contribution in [2.45, 2.75) is 26.7 Å². The maximum Gasteiger partial charge on any atom is 0.236 e. The number of piperidine rings is 1. The highest BCUT2D eigenvalue weighted by Crippen LogP contribution is 2.20. The zero-order valence-corrected chi connectivity index (χ0v) is 11.5. The number of carbonyl (C=O) groups excluding carboxylic acids is 1. The Kier molecular flexibility index (Phi) is 5.92. The van der Waals surface area contributed by atoms with E-state index in [9.17, 15) is 4.79 Å². The first-order chi connectivity index (χ1) is 8.02. The third kappa shape index (κ3) is 5.04. The Hall–Kier alpha value is -0.610. The summed E-state index contributed by atoms with van der Waals surface area (Å²) >= 11 is 0. The van der Waals surface area contributed by atoms with Crippen LogP contribution in [0.25, 0.3) is 0 Å². The Bertz CT molecular complexity index is 235. The lowest BCUT2D eigenvalue weighted by Crippen LogP contribution is -2.46. The first-order valence-electron chi connectivity index (χ1n) is 6.69. The zero-order chi connectivity index (χ0) is 12.8. The van der Waals surface area contributed by atoms with Gasteiger partial charge < -0.3 is 10.6 Å². The van der Waals surface area contributed by atoms with Gasteiger partial charge in [-0.25, -0.2) is 0 Å². The van der Waals surface area contributed by atoms with Crippen molar-refractivity contribution in [1.29, 1.82) is 0 Å². The van der Waals surface area contributed by atoms with Crippen LogP contribution >= 0.6 is 0 Å². The number of nitrogens with zero attached hydrogens (tertiary/aromatic N) is 2. The lowest BCUT2D eigenvalue weighted by Gasteiger charge is -2.35. The van der Waals surface area contributed by atoms with Crippen molar-refractivity contribution in [1.82, 2.24) is 9.80 Å². The van der Waals surface area contributed by atoms with Gasteiger partial charge in [-0.2, -0.15) is 0 Å². The fraction of sp³-hybridized carbons (Fsp3) is 0.923. The van der Waals surface area contributed by atoms with Crippen molar-refractivity contribution in [2.75, 3.05) is 39.8 Å². The van der Waals surface area contributed by atoms with Gasteiger partial charge in [0.1, 0.15) is 0 Å². The Labute approximate surface area is 105 Å². The molecule has 2 unspecified atom stereocenters. The molecule has 0 aromatic carbocycles. The van der Waals surface area contributed by atoms with Gasteiger partial charge in [0.05, 0.1) is 6.54 Å². The molecule has 1 aliphatic heterocycles. The van der Waals surface area contributed by atoms with Gasteiger partial charge in [0.15, 0.2) is 0 Å². The number of hydrogen-bond acceptors (Lipinski definition) is 3. The second kappa shape index (κ2) is 6.97. The van der Waals surface area contributed by atoms with Gasteiger partial charge in [-0.05, 0) is 44.8 Å². The third-order valence-electron chi connectivity index (χ3n) is 3.37. The van der Waals surface area contributed by atoms with E-state index in [4.69, 9.17) is 5.73 Å². The zero-order valence-electron chi connectivity index (χ0n) is 11.5. The second-order valence-corrected chi connectivity index (χ2v) is 5.62. The smallest absolute Gasteiger partial charge is 0.236 e. The SMILES string of the molecule is CC1CC(C)CN(C(=O)CN(C)CCCN)C1. The predicted octanol–water partition coefficient (Wildman–Crippen LogP) is 0.772. The van der Waals surface area contributed by atoms with Crippen LogP contribution in [0.5, 0.6) is 0 Å². The highest BCUT2D eigenvalue weighted by Gasteiger charge is 2.25. The molecule has 2 N–H and O–H groups in total. The molecular weight excluding hydrogens is 214 g/mol. The molecule has 1 rings (SSSR count). The van der Waals surface area contributed by atoms with Crippen molar-refractivity contribution in [3.8, 4) is 0 Å². The van der Waals surface area contributed by atoms with Crippen molar-refractivity contribution in [3.63, 3.8) is 0 Å². The van der Waals surface area contributed by atoms with E-state index >= 15 is 0 Å². The number of likely N-dealkylation sites (N-methyl/N-ethyl adjacent to an activating group) is 1. The Morgan fingerprint density at radius 3 is 2.47 bits per heavy atom. The van der Waals surface area contributed by atoms with Crippen molar-refractivity contribution in [3.05, 3.63) is 0 Å². The van der Waals surface area contributed by atoms with Gasteiger partial charge in [0.25, 0.3) is 0 Å². The fourth-order valence-corrected chi connectivity index (χ4v) is 2.64. The molecule has 0 radical (unpaired) electrons. The molecule has 0 saturated carbocycles. The maximum absolute atomic E-state index is 12.1. The van der Waals surface area contributed by atoms with E-state index in [0.29, 0.717) is 24.9 Å². The minimum Gasteiger partial charge on any atom is -0.341 e. The maximum atomic E-state index is 12.1. The van der Waals surface area contributed by atoms with Crippen LogP contribution in [0, 0.1) is 11.8 Å². The minimum atomic E-state index is 0.267. The Morgan fingerprint density at radius 2 is 1.94 bits per heavy atom. The van der Waals surface area contributed by atoms with Crippen LogP contribution < -0.4 is 5.73 Å². The average Bonchev–Trinajstić information content (AvgIpc) is 2.25. The summed E-state index contributed by atoms with van der Waals surface area (Å²) in [5.41, 5.74) is 5.46. The molecule has 0 aromatic rings. The van der Waals surface area contributed by atoms with E-state index in [1.165, 1.54) is 6.42 Å². The lowest BCUT2D eigenvalue weighted by atomic mass is 9.92. The summed E-state index contributed by atoms with van der Waals surface area (Å²) in [6.45, 7) is 8.43. The van der Waals surface area contributed by atoms with Crippen LogP contribution in [0.1, 0.15) is 26.7 Å². The molecular formula is C13H27N3O. The van der Waals surface area contributed by atoms with Gasteiger partial charge in [-0.1, -0.05) is 13.8 Å². The largest absolute Gasteiger partial charge is 0.341 e. The molecule has 1 saturated heterocycles. The van der Waals surface area contributed by atoms with Crippen LogP contribution in [-0.4, -0.2) is 55.5 Å². The molecule has 0 aliphatic carbocycles. The molecule has 1 heterocycles. The number of hydrogen-bond donors (Lipinski definition) is 1. The number of likely N-dealkylation sites (tertiary alicyclic amines) is 1. The quantitative estimate of drug-likeness (QED) is 0.773. The molecule has 1 aliphatic rings. The summed E-state index contributed by atoms with van der Waals surface area (Å²) in [6.07, 6.45) is 2.20. The molecule has 4 heteroatoms. The van der Waals surface area contributed by atoms with Crippen molar-refractivity contribution in [2.24, 2.45) is 17.6 Å². The van der Waals surface area contributed by atoms with Gasteiger partial charge in [0, 0.05) is 13.1 Å². The molecule has 17 heavy (non-hydrogen) atoms. The molecule has 100 valence electrons. The molecule has 4 nitrogen and oxygen atoms in total. The van der Waals surface area contributed by atoms with Crippen LogP contribution in [0.3, 0.4) is 0 Å². The summed E-state index contributed by atoms with van der Waals surface area (Å²) in [7, 11) is 1.99. The monoisotopic (exact) mass is 241 g/mol. The fourth-order valence-electron chi connectivity index (χ4n) is 2.64. The summed E-state index contributed by atoms with van der Waals surface area (Å²) in [5, 5.41) is 0. The lowest BCUT2D eigenvalue weighted by molar-refractivity contribution is -0.134. The summed E-state index contributed by atoms with van der Waals surface area (Å²) in [6, 6.07) is 0. The Morgan fingerprint density at radius 1 is 1.35 bits per heavy atom. The second-order valence-electron chi connectivity index (χ2n) is 5.62. The normalized spacial score (nSPS) is 25.4. The summed E-state index contributed by atoms with van der Waals surface area (Å²) < 4.78 is 0. The molecule has 2 atom stereocenters. The van der Waals surface area contributed by atoms with Gasteiger partial charge >= 0.3 is 0 Å². The summed E-state index contributed by atoms with van der Waals surface area (Å²) in [5.74, 6) is 1.54. The van der Waals surface area contributed by atoms with E-state index in [1.807, 2.05) is 11.9 Å². The molecule has 0 bridgehead atoms. The van der Waals surface area contributed by atoms with Gasteiger partial charge in [-0.15, -0.1) is 0 Å². The molecule has 0 aromatic heterocycles. The van der Waals surface area contributed by atoms with E-state index < -0.39 is 0 Å². The first-order valence-corrected chi connectivity index (χ1v) is 6.69. The van der Waals surface area contributed by atoms with Gasteiger partial charge in [-0.3, -0.25) is 9.69 Å². The van der Waals surface area contributed by atoms with E-state index in [2.05, 4.69) is 18.7 Å². The average molecular weight is 241 g/mol.